The van der Waals surface area contributed by atoms with Gasteiger partial charge in [0.1, 0.15) is 5.69 Å². The molecule has 1 amide bonds. The Kier molecular flexibility index (Phi) is 3.24. The third-order valence-corrected chi connectivity index (χ3v) is 3.02. The molecule has 0 aromatic carbocycles. The highest BCUT2D eigenvalue weighted by molar-refractivity contribution is 5.92. The lowest BCUT2D eigenvalue weighted by atomic mass is 10.0. The van der Waals surface area contributed by atoms with Crippen LogP contribution in [-0.4, -0.2) is 45.3 Å². The van der Waals surface area contributed by atoms with Crippen molar-refractivity contribution in [2.24, 2.45) is 0 Å². The SMILES string of the molecule is Cc1cc(C(=O)N2CCCCC2CO)n[nH]1. The maximum absolute atomic E-state index is 12.1. The van der Waals surface area contributed by atoms with E-state index in [4.69, 9.17) is 0 Å². The first-order valence-corrected chi connectivity index (χ1v) is 5.66. The molecule has 1 fully saturated rings. The predicted molar refractivity (Wildman–Crippen MR) is 59.1 cm³/mol. The molecule has 5 heteroatoms. The van der Waals surface area contributed by atoms with Crippen LogP contribution in [0.25, 0.3) is 0 Å². The molecule has 5 nitrogen and oxygen atoms in total. The van der Waals surface area contributed by atoms with E-state index in [1.807, 2.05) is 6.92 Å². The van der Waals surface area contributed by atoms with Crippen molar-refractivity contribution in [1.82, 2.24) is 15.1 Å². The Hall–Kier alpha value is -1.36. The number of aliphatic hydroxyl groups is 1. The van der Waals surface area contributed by atoms with E-state index in [9.17, 15) is 9.90 Å². The highest BCUT2D eigenvalue weighted by atomic mass is 16.3. The number of rotatable bonds is 2. The van der Waals surface area contributed by atoms with Crippen LogP contribution in [0.3, 0.4) is 0 Å². The molecule has 0 radical (unpaired) electrons. The summed E-state index contributed by atoms with van der Waals surface area (Å²) in [6, 6.07) is 1.70. The van der Waals surface area contributed by atoms with Gasteiger partial charge in [-0.25, -0.2) is 0 Å². The van der Waals surface area contributed by atoms with Crippen molar-refractivity contribution in [3.63, 3.8) is 0 Å². The molecule has 0 saturated carbocycles. The van der Waals surface area contributed by atoms with Crippen LogP contribution in [0.5, 0.6) is 0 Å². The summed E-state index contributed by atoms with van der Waals surface area (Å²) in [5.74, 6) is -0.0805. The number of H-pyrrole nitrogens is 1. The molecule has 1 aromatic heterocycles. The molecule has 1 saturated heterocycles. The number of hydrogen-bond donors (Lipinski definition) is 2. The van der Waals surface area contributed by atoms with E-state index in [1.165, 1.54) is 0 Å². The molecule has 0 spiro atoms. The molecule has 1 unspecified atom stereocenters. The van der Waals surface area contributed by atoms with Gasteiger partial charge in [-0.15, -0.1) is 0 Å². The quantitative estimate of drug-likeness (QED) is 0.775. The first-order chi connectivity index (χ1) is 7.72. The molecule has 1 atom stereocenters. The Bertz CT molecular complexity index is 375. The molecule has 0 bridgehead atoms. The molecule has 1 aliphatic rings. The second-order valence-electron chi connectivity index (χ2n) is 4.27. The number of likely N-dealkylation sites (tertiary alicyclic amines) is 1. The molecule has 0 aliphatic carbocycles. The lowest BCUT2D eigenvalue weighted by Gasteiger charge is -2.34. The second-order valence-corrected chi connectivity index (χ2v) is 4.27. The van der Waals surface area contributed by atoms with E-state index >= 15 is 0 Å². The van der Waals surface area contributed by atoms with Crippen molar-refractivity contribution in [2.75, 3.05) is 13.2 Å². The number of nitrogens with zero attached hydrogens (tertiary/aromatic N) is 2. The Morgan fingerprint density at radius 3 is 3.12 bits per heavy atom. The van der Waals surface area contributed by atoms with E-state index in [2.05, 4.69) is 10.2 Å². The second kappa shape index (κ2) is 4.65. The number of carbonyl (C=O) groups excluding carboxylic acids is 1. The van der Waals surface area contributed by atoms with Gasteiger partial charge in [-0.2, -0.15) is 5.10 Å². The number of carbonyl (C=O) groups is 1. The zero-order chi connectivity index (χ0) is 11.5. The third-order valence-electron chi connectivity index (χ3n) is 3.02. The Labute approximate surface area is 94.5 Å². The Morgan fingerprint density at radius 1 is 1.69 bits per heavy atom. The van der Waals surface area contributed by atoms with Crippen molar-refractivity contribution in [2.45, 2.75) is 32.2 Å². The number of aryl methyl sites for hydroxylation is 1. The Balaban J connectivity index is 2.13. The topological polar surface area (TPSA) is 69.2 Å². The monoisotopic (exact) mass is 223 g/mol. The van der Waals surface area contributed by atoms with Crippen LogP contribution in [0.15, 0.2) is 6.07 Å². The zero-order valence-electron chi connectivity index (χ0n) is 9.44. The summed E-state index contributed by atoms with van der Waals surface area (Å²) < 4.78 is 0. The average Bonchev–Trinajstić information content (AvgIpc) is 2.75. The number of aromatic amines is 1. The predicted octanol–water partition coefficient (Wildman–Crippen LogP) is 0.705. The first-order valence-electron chi connectivity index (χ1n) is 5.66. The van der Waals surface area contributed by atoms with Crippen LogP contribution < -0.4 is 0 Å². The molecule has 88 valence electrons. The van der Waals surface area contributed by atoms with Crippen LogP contribution >= 0.6 is 0 Å². The minimum absolute atomic E-state index is 0.0369. The zero-order valence-corrected chi connectivity index (χ0v) is 9.44. The average molecular weight is 223 g/mol. The summed E-state index contributed by atoms with van der Waals surface area (Å²) in [7, 11) is 0. The number of amides is 1. The van der Waals surface area contributed by atoms with Gasteiger partial charge in [0.15, 0.2) is 0 Å². The molecule has 16 heavy (non-hydrogen) atoms. The van der Waals surface area contributed by atoms with E-state index in [-0.39, 0.29) is 18.6 Å². The van der Waals surface area contributed by atoms with E-state index in [0.717, 1.165) is 31.5 Å². The minimum Gasteiger partial charge on any atom is -0.394 e. The first kappa shape index (κ1) is 11.1. The van der Waals surface area contributed by atoms with E-state index < -0.39 is 0 Å². The normalized spacial score (nSPS) is 21.1. The number of aromatic nitrogens is 2. The lowest BCUT2D eigenvalue weighted by Crippen LogP contribution is -2.45. The Morgan fingerprint density at radius 2 is 2.50 bits per heavy atom. The molecular formula is C11H17N3O2. The molecule has 1 aromatic rings. The fraction of sp³-hybridized carbons (Fsp3) is 0.636. The summed E-state index contributed by atoms with van der Waals surface area (Å²) in [5.41, 5.74) is 1.32. The van der Waals surface area contributed by atoms with Gasteiger partial charge in [0.05, 0.1) is 12.6 Å². The fourth-order valence-corrected chi connectivity index (χ4v) is 2.13. The van der Waals surface area contributed by atoms with Crippen LogP contribution in [0.4, 0.5) is 0 Å². The molecule has 2 N–H and O–H groups in total. The highest BCUT2D eigenvalue weighted by Gasteiger charge is 2.27. The summed E-state index contributed by atoms with van der Waals surface area (Å²) in [6.45, 7) is 2.62. The summed E-state index contributed by atoms with van der Waals surface area (Å²) in [4.78, 5) is 13.8. The summed E-state index contributed by atoms with van der Waals surface area (Å²) >= 11 is 0. The van der Waals surface area contributed by atoms with Gasteiger partial charge in [0.25, 0.3) is 5.91 Å². The molecule has 2 rings (SSSR count). The lowest BCUT2D eigenvalue weighted by molar-refractivity contribution is 0.0497. The molecule has 1 aliphatic heterocycles. The van der Waals surface area contributed by atoms with E-state index in [0.29, 0.717) is 5.69 Å². The number of hydrogen-bond acceptors (Lipinski definition) is 3. The number of aliphatic hydroxyl groups excluding tert-OH is 1. The summed E-state index contributed by atoms with van der Waals surface area (Å²) in [5, 5.41) is 16.0. The van der Waals surface area contributed by atoms with Crippen molar-refractivity contribution < 1.29 is 9.90 Å². The number of piperidine rings is 1. The fourth-order valence-electron chi connectivity index (χ4n) is 2.13. The largest absolute Gasteiger partial charge is 0.394 e. The summed E-state index contributed by atoms with van der Waals surface area (Å²) in [6.07, 6.45) is 2.96. The van der Waals surface area contributed by atoms with Gasteiger partial charge in [-0.1, -0.05) is 0 Å². The maximum Gasteiger partial charge on any atom is 0.274 e. The molecular weight excluding hydrogens is 206 g/mol. The smallest absolute Gasteiger partial charge is 0.274 e. The minimum atomic E-state index is -0.0805. The van der Waals surface area contributed by atoms with Crippen LogP contribution in [0, 0.1) is 6.92 Å². The van der Waals surface area contributed by atoms with Gasteiger partial charge in [0, 0.05) is 12.2 Å². The third kappa shape index (κ3) is 2.09. The van der Waals surface area contributed by atoms with Gasteiger partial charge < -0.3 is 10.0 Å². The van der Waals surface area contributed by atoms with Crippen molar-refractivity contribution in [3.8, 4) is 0 Å². The van der Waals surface area contributed by atoms with Gasteiger partial charge in [-0.3, -0.25) is 9.89 Å². The van der Waals surface area contributed by atoms with Gasteiger partial charge in [-0.05, 0) is 32.3 Å². The van der Waals surface area contributed by atoms with Crippen LogP contribution in [0.2, 0.25) is 0 Å². The van der Waals surface area contributed by atoms with E-state index in [1.54, 1.807) is 11.0 Å². The van der Waals surface area contributed by atoms with Crippen LogP contribution in [0.1, 0.15) is 35.4 Å². The molecule has 2 heterocycles. The van der Waals surface area contributed by atoms with Crippen LogP contribution in [-0.2, 0) is 0 Å². The van der Waals surface area contributed by atoms with Gasteiger partial charge >= 0.3 is 0 Å². The van der Waals surface area contributed by atoms with Crippen molar-refractivity contribution in [3.05, 3.63) is 17.5 Å². The maximum atomic E-state index is 12.1. The number of nitrogens with one attached hydrogen (secondary N) is 1. The highest BCUT2D eigenvalue weighted by Crippen LogP contribution is 2.18. The van der Waals surface area contributed by atoms with Crippen molar-refractivity contribution >= 4 is 5.91 Å². The van der Waals surface area contributed by atoms with Crippen molar-refractivity contribution in [1.29, 1.82) is 0 Å². The standard InChI is InChI=1S/C11H17N3O2/c1-8-6-10(13-12-8)11(16)14-5-3-2-4-9(14)7-15/h6,9,15H,2-5,7H2,1H3,(H,12,13). The van der Waals surface area contributed by atoms with Gasteiger partial charge in [0.2, 0.25) is 0 Å².